The zero-order valence-electron chi connectivity index (χ0n) is 9.19. The van der Waals surface area contributed by atoms with Gasteiger partial charge in [-0.1, -0.05) is 0 Å². The van der Waals surface area contributed by atoms with Crippen molar-refractivity contribution in [3.05, 3.63) is 40.2 Å². The predicted molar refractivity (Wildman–Crippen MR) is 62.2 cm³/mol. The maximum Gasteiger partial charge on any atom is 0.339 e. The minimum atomic E-state index is -0.575. The second-order valence-electron chi connectivity index (χ2n) is 3.50. The highest BCUT2D eigenvalue weighted by Gasteiger charge is 2.13. The number of hydrogen-bond acceptors (Lipinski definition) is 4. The molecule has 88 valence electrons. The molecule has 1 aromatic heterocycles. The van der Waals surface area contributed by atoms with E-state index in [0.717, 1.165) is 0 Å². The third kappa shape index (κ3) is 2.13. The number of esters is 1. The van der Waals surface area contributed by atoms with Crippen LogP contribution in [0.1, 0.15) is 17.3 Å². The van der Waals surface area contributed by atoms with Crippen molar-refractivity contribution in [3.8, 4) is 5.75 Å². The average Bonchev–Trinajstić information content (AvgIpc) is 2.29. The maximum atomic E-state index is 11.7. The molecule has 0 aliphatic carbocycles. The first-order valence-electron chi connectivity index (χ1n) is 5.15. The molecule has 0 unspecified atom stereocenters. The Kier molecular flexibility index (Phi) is 2.82. The van der Waals surface area contributed by atoms with Gasteiger partial charge in [0.1, 0.15) is 5.75 Å². The van der Waals surface area contributed by atoms with Crippen molar-refractivity contribution in [1.82, 2.24) is 4.98 Å². The Morgan fingerprint density at radius 3 is 2.88 bits per heavy atom. The van der Waals surface area contributed by atoms with E-state index < -0.39 is 5.97 Å². The lowest BCUT2D eigenvalue weighted by atomic mass is 10.1. The Balaban J connectivity index is 2.71. The summed E-state index contributed by atoms with van der Waals surface area (Å²) in [7, 11) is 0. The van der Waals surface area contributed by atoms with Crippen LogP contribution in [0.4, 0.5) is 0 Å². The van der Waals surface area contributed by atoms with Crippen molar-refractivity contribution in [2.45, 2.75) is 6.92 Å². The number of aromatic hydroxyl groups is 1. The van der Waals surface area contributed by atoms with Crippen LogP contribution in [0.15, 0.2) is 29.1 Å². The fourth-order valence-corrected chi connectivity index (χ4v) is 1.62. The molecule has 0 bridgehead atoms. The zero-order valence-corrected chi connectivity index (χ0v) is 9.19. The lowest BCUT2D eigenvalue weighted by Gasteiger charge is -2.05. The number of aromatic nitrogens is 1. The molecule has 0 saturated heterocycles. The van der Waals surface area contributed by atoms with Crippen LogP contribution in [0.2, 0.25) is 0 Å². The van der Waals surface area contributed by atoms with E-state index in [2.05, 4.69) is 4.98 Å². The fraction of sp³-hybridized carbons (Fsp3) is 0.167. The van der Waals surface area contributed by atoms with Crippen LogP contribution >= 0.6 is 0 Å². The van der Waals surface area contributed by atoms with Crippen LogP contribution < -0.4 is 5.56 Å². The van der Waals surface area contributed by atoms with Crippen molar-refractivity contribution in [3.63, 3.8) is 0 Å². The topological polar surface area (TPSA) is 79.4 Å². The first-order valence-corrected chi connectivity index (χ1v) is 5.15. The van der Waals surface area contributed by atoms with E-state index in [4.69, 9.17) is 4.74 Å². The lowest BCUT2D eigenvalue weighted by molar-refractivity contribution is 0.0528. The van der Waals surface area contributed by atoms with E-state index in [1.54, 1.807) is 6.92 Å². The highest BCUT2D eigenvalue weighted by Crippen LogP contribution is 2.21. The van der Waals surface area contributed by atoms with E-state index in [1.807, 2.05) is 0 Å². The monoisotopic (exact) mass is 233 g/mol. The predicted octanol–water partition coefficient (Wildman–Crippen LogP) is 1.41. The summed E-state index contributed by atoms with van der Waals surface area (Å²) in [4.78, 5) is 25.6. The molecule has 0 fully saturated rings. The third-order valence-electron chi connectivity index (χ3n) is 2.32. The molecule has 2 N–H and O–H groups in total. The van der Waals surface area contributed by atoms with Gasteiger partial charge < -0.3 is 14.8 Å². The van der Waals surface area contributed by atoms with Crippen LogP contribution in [-0.4, -0.2) is 22.7 Å². The number of carbonyl (C=O) groups is 1. The Morgan fingerprint density at radius 1 is 1.41 bits per heavy atom. The first kappa shape index (κ1) is 11.2. The molecule has 2 rings (SSSR count). The molecule has 17 heavy (non-hydrogen) atoms. The maximum absolute atomic E-state index is 11.7. The van der Waals surface area contributed by atoms with Gasteiger partial charge in [-0.25, -0.2) is 4.79 Å². The number of phenols is 1. The number of ether oxygens (including phenoxy) is 1. The highest BCUT2D eigenvalue weighted by atomic mass is 16.5. The van der Waals surface area contributed by atoms with Gasteiger partial charge in [-0.05, 0) is 25.1 Å². The van der Waals surface area contributed by atoms with Crippen LogP contribution in [0.25, 0.3) is 10.9 Å². The molecule has 5 heteroatoms. The van der Waals surface area contributed by atoms with E-state index >= 15 is 0 Å². The molecule has 0 atom stereocenters. The number of nitrogens with one attached hydrogen (secondary N) is 1. The van der Waals surface area contributed by atoms with Crippen molar-refractivity contribution >= 4 is 16.9 Å². The van der Waals surface area contributed by atoms with Gasteiger partial charge in [0.25, 0.3) is 0 Å². The van der Waals surface area contributed by atoms with Gasteiger partial charge in [-0.3, -0.25) is 4.79 Å². The Labute approximate surface area is 96.7 Å². The molecule has 0 aliphatic heterocycles. The summed E-state index contributed by atoms with van der Waals surface area (Å²) in [6.45, 7) is 1.91. The summed E-state index contributed by atoms with van der Waals surface area (Å²) in [6, 6.07) is 5.55. The molecule has 0 radical (unpaired) electrons. The van der Waals surface area contributed by atoms with Crippen LogP contribution in [-0.2, 0) is 4.74 Å². The van der Waals surface area contributed by atoms with Gasteiger partial charge >= 0.3 is 5.97 Å². The largest absolute Gasteiger partial charge is 0.508 e. The van der Waals surface area contributed by atoms with Gasteiger partial charge in [-0.2, -0.15) is 0 Å². The number of fused-ring (bicyclic) bond motifs is 1. The van der Waals surface area contributed by atoms with E-state index in [0.29, 0.717) is 10.9 Å². The van der Waals surface area contributed by atoms with Crippen LogP contribution in [0.3, 0.4) is 0 Å². The van der Waals surface area contributed by atoms with Crippen LogP contribution in [0.5, 0.6) is 5.75 Å². The Bertz CT molecular complexity index is 630. The van der Waals surface area contributed by atoms with Gasteiger partial charge in [0.05, 0.1) is 12.2 Å². The van der Waals surface area contributed by atoms with Crippen molar-refractivity contribution in [2.75, 3.05) is 6.61 Å². The molecule has 1 aromatic carbocycles. The normalized spacial score (nSPS) is 10.4. The van der Waals surface area contributed by atoms with Gasteiger partial charge in [0, 0.05) is 17.0 Å². The van der Waals surface area contributed by atoms with Gasteiger partial charge in [0.2, 0.25) is 5.56 Å². The van der Waals surface area contributed by atoms with Crippen molar-refractivity contribution < 1.29 is 14.6 Å². The molecule has 2 aromatic rings. The SMILES string of the molecule is CCOC(=O)c1cc(=O)[nH]c2ccc(O)cc12. The Hall–Kier alpha value is -2.30. The molecule has 0 aliphatic rings. The molecule has 0 saturated carbocycles. The number of pyridine rings is 1. The number of rotatable bonds is 2. The minimum Gasteiger partial charge on any atom is -0.508 e. The summed E-state index contributed by atoms with van der Waals surface area (Å²) < 4.78 is 4.86. The summed E-state index contributed by atoms with van der Waals surface area (Å²) >= 11 is 0. The standard InChI is InChI=1S/C12H11NO4/c1-2-17-12(16)9-6-11(15)13-10-4-3-7(14)5-8(9)10/h3-6,14H,2H2,1H3,(H,13,15). The fourth-order valence-electron chi connectivity index (χ4n) is 1.62. The summed E-state index contributed by atoms with van der Waals surface area (Å²) in [5.74, 6) is -0.552. The number of aromatic amines is 1. The second-order valence-corrected chi connectivity index (χ2v) is 3.50. The Morgan fingerprint density at radius 2 is 2.18 bits per heavy atom. The zero-order chi connectivity index (χ0) is 12.4. The number of H-pyrrole nitrogens is 1. The van der Waals surface area contributed by atoms with E-state index in [-0.39, 0.29) is 23.5 Å². The third-order valence-corrected chi connectivity index (χ3v) is 2.32. The molecule has 0 amide bonds. The van der Waals surface area contributed by atoms with E-state index in [9.17, 15) is 14.7 Å². The average molecular weight is 233 g/mol. The first-order chi connectivity index (χ1) is 8.11. The van der Waals surface area contributed by atoms with Crippen molar-refractivity contribution in [2.24, 2.45) is 0 Å². The molecule has 5 nitrogen and oxygen atoms in total. The molecule has 0 spiro atoms. The minimum absolute atomic E-state index is 0.0232. The number of hydrogen-bond donors (Lipinski definition) is 2. The quantitative estimate of drug-likeness (QED) is 0.768. The summed E-state index contributed by atoms with van der Waals surface area (Å²) in [6.07, 6.45) is 0. The number of phenolic OH excluding ortho intramolecular Hbond substituents is 1. The molecular formula is C12H11NO4. The second kappa shape index (κ2) is 4.29. The van der Waals surface area contributed by atoms with E-state index in [1.165, 1.54) is 24.3 Å². The van der Waals surface area contributed by atoms with Crippen LogP contribution in [0, 0.1) is 0 Å². The number of carbonyl (C=O) groups excluding carboxylic acids is 1. The van der Waals surface area contributed by atoms with Gasteiger partial charge in [0.15, 0.2) is 0 Å². The summed E-state index contributed by atoms with van der Waals surface area (Å²) in [5.41, 5.74) is 0.256. The van der Waals surface area contributed by atoms with Crippen molar-refractivity contribution in [1.29, 1.82) is 0 Å². The number of benzene rings is 1. The lowest BCUT2D eigenvalue weighted by Crippen LogP contribution is -2.12. The van der Waals surface area contributed by atoms with Gasteiger partial charge in [-0.15, -0.1) is 0 Å². The smallest absolute Gasteiger partial charge is 0.339 e. The molecule has 1 heterocycles. The molecular weight excluding hydrogens is 222 g/mol. The highest BCUT2D eigenvalue weighted by molar-refractivity contribution is 6.03. The summed E-state index contributed by atoms with van der Waals surface area (Å²) in [5, 5.41) is 9.85.